The first-order valence-corrected chi connectivity index (χ1v) is 19.9. The summed E-state index contributed by atoms with van der Waals surface area (Å²) in [6, 6.07) is 10.0. The molecule has 1 aromatic carbocycles. The van der Waals surface area contributed by atoms with Crippen molar-refractivity contribution in [2.75, 3.05) is 6.54 Å². The molecule has 3 aliphatic carbocycles. The minimum absolute atomic E-state index is 0.0458. The third-order valence-electron chi connectivity index (χ3n) is 10.9. The fraction of sp³-hybridized carbons (Fsp3) is 0.632. The molecule has 52 heavy (non-hydrogen) atoms. The van der Waals surface area contributed by atoms with E-state index in [0.717, 1.165) is 31.2 Å². The van der Waals surface area contributed by atoms with E-state index < -0.39 is 57.2 Å². The van der Waals surface area contributed by atoms with E-state index in [1.54, 1.807) is 12.3 Å². The van der Waals surface area contributed by atoms with Gasteiger partial charge in [0.1, 0.15) is 12.2 Å². The Morgan fingerprint density at radius 1 is 1.00 bits per heavy atom. The molecule has 5 atom stereocenters. The molecule has 2 amide bonds. The van der Waals surface area contributed by atoms with Crippen LogP contribution in [-0.4, -0.2) is 77.8 Å². The summed E-state index contributed by atoms with van der Waals surface area (Å²) in [5, 5.41) is 0. The number of benzene rings is 1. The van der Waals surface area contributed by atoms with Crippen LogP contribution in [0.15, 0.2) is 42.6 Å². The molecule has 14 heteroatoms. The average Bonchev–Trinajstić information content (AvgIpc) is 3.93. The first-order chi connectivity index (χ1) is 24.7. The Bertz CT molecular complexity index is 1750. The summed E-state index contributed by atoms with van der Waals surface area (Å²) >= 11 is 0. The van der Waals surface area contributed by atoms with Crippen LogP contribution in [-0.2, 0) is 38.4 Å². The highest BCUT2D eigenvalue weighted by molar-refractivity contribution is 7.85. The monoisotopic (exact) mass is 738 g/mol. The summed E-state index contributed by atoms with van der Waals surface area (Å²) in [6.45, 7) is 7.57. The van der Waals surface area contributed by atoms with Gasteiger partial charge in [-0.2, -0.15) is 13.4 Å². The second-order valence-corrected chi connectivity index (χ2v) is 17.2. The number of amides is 2. The number of hydrogen-bond acceptors (Lipinski definition) is 11. The Morgan fingerprint density at radius 2 is 1.71 bits per heavy atom. The quantitative estimate of drug-likeness (QED) is 0.245. The number of aromatic nitrogens is 2. The molecule has 1 N–H and O–H groups in total. The molecule has 2 heterocycles. The van der Waals surface area contributed by atoms with Gasteiger partial charge in [0, 0.05) is 30.7 Å². The lowest BCUT2D eigenvalue weighted by atomic mass is 9.77. The number of carbonyl (C=O) groups is 4. The number of likely N-dealkylation sites (tertiary alicyclic amines) is 1. The van der Waals surface area contributed by atoms with Crippen LogP contribution in [0.3, 0.4) is 0 Å². The molecule has 282 valence electrons. The number of carbonyl (C=O) groups excluding carboxylic acids is 4. The van der Waals surface area contributed by atoms with E-state index in [4.69, 9.17) is 13.7 Å². The van der Waals surface area contributed by atoms with Gasteiger partial charge in [-0.1, -0.05) is 64.4 Å². The van der Waals surface area contributed by atoms with Crippen LogP contribution >= 0.6 is 0 Å². The number of hydrogen-bond donors (Lipinski definition) is 1. The van der Waals surface area contributed by atoms with Gasteiger partial charge in [-0.3, -0.25) is 23.4 Å². The van der Waals surface area contributed by atoms with Gasteiger partial charge in [-0.15, -0.1) is 0 Å². The Balaban J connectivity index is 1.24. The molecule has 0 radical (unpaired) electrons. The minimum atomic E-state index is -4.34. The van der Waals surface area contributed by atoms with Crippen LogP contribution in [0.4, 0.5) is 0 Å². The second kappa shape index (κ2) is 15.2. The highest BCUT2D eigenvalue weighted by atomic mass is 32.2. The number of ketones is 1. The standard InChI is InChI=1S/C38H50N4O9S/c1-5-25-21-38(25,36(46)41-52(47,48)51-27-15-16-27)22-31(43)30-19-28(49-32-17-18-39-34(40-32)24-11-7-6-8-12-24)23-42(30)35(45)29(37(2,3)4)20-33(44)50-26-13-9-10-14-26/h6-8,11-12,17-18,25-30H,5,9-10,13-16,19-23H2,1-4H3,(H,41,46)/t25?,28-,29-,30+,38-/m1/s1. The van der Waals surface area contributed by atoms with Crippen LogP contribution in [0.5, 0.6) is 5.88 Å². The lowest BCUT2D eigenvalue weighted by Crippen LogP contribution is -2.48. The molecule has 6 rings (SSSR count). The molecule has 4 aliphatic rings. The third-order valence-corrected chi connectivity index (χ3v) is 11.8. The Labute approximate surface area is 305 Å². The van der Waals surface area contributed by atoms with Crippen molar-refractivity contribution in [1.29, 1.82) is 0 Å². The highest BCUT2D eigenvalue weighted by Gasteiger charge is 2.61. The van der Waals surface area contributed by atoms with Crippen molar-refractivity contribution in [3.05, 3.63) is 42.6 Å². The average molecular weight is 739 g/mol. The molecule has 1 aromatic heterocycles. The zero-order valence-electron chi connectivity index (χ0n) is 30.4. The summed E-state index contributed by atoms with van der Waals surface area (Å²) in [6.07, 6.45) is 5.77. The molecular formula is C38H50N4O9S. The molecule has 1 aliphatic heterocycles. The largest absolute Gasteiger partial charge is 0.472 e. The Kier molecular flexibility index (Phi) is 11.1. The molecule has 1 unspecified atom stereocenters. The molecular weight excluding hydrogens is 689 g/mol. The van der Waals surface area contributed by atoms with E-state index >= 15 is 0 Å². The number of ether oxygens (including phenoxy) is 2. The van der Waals surface area contributed by atoms with E-state index in [0.29, 0.717) is 31.5 Å². The first kappa shape index (κ1) is 37.8. The lowest BCUT2D eigenvalue weighted by molar-refractivity contribution is -0.156. The van der Waals surface area contributed by atoms with E-state index in [1.165, 1.54) is 4.90 Å². The van der Waals surface area contributed by atoms with Gasteiger partial charge < -0.3 is 14.4 Å². The SMILES string of the molecule is CCC1C[C@]1(CC(=O)[C@@H]1C[C@@H](Oc2ccnc(-c3ccccc3)n2)CN1C(=O)[C@@H](CC(=O)OC1CCCC1)C(C)(C)C)C(=O)NS(=O)(=O)OC1CC1. The van der Waals surface area contributed by atoms with Gasteiger partial charge in [0.05, 0.1) is 36.4 Å². The Hall–Kier alpha value is -3.91. The van der Waals surface area contributed by atoms with Crippen molar-refractivity contribution in [3.8, 4) is 17.3 Å². The van der Waals surface area contributed by atoms with E-state index in [1.807, 2.05) is 58.0 Å². The molecule has 0 spiro atoms. The number of esters is 1. The number of rotatable bonds is 15. The maximum absolute atomic E-state index is 14.6. The predicted octanol–water partition coefficient (Wildman–Crippen LogP) is 4.95. The van der Waals surface area contributed by atoms with Gasteiger partial charge in [-0.25, -0.2) is 9.71 Å². The van der Waals surface area contributed by atoms with E-state index in [2.05, 4.69) is 14.7 Å². The van der Waals surface area contributed by atoms with Gasteiger partial charge in [0.2, 0.25) is 17.7 Å². The maximum Gasteiger partial charge on any atom is 0.362 e. The first-order valence-electron chi connectivity index (χ1n) is 18.5. The van der Waals surface area contributed by atoms with Crippen LogP contribution in [0, 0.1) is 22.7 Å². The molecule has 0 bridgehead atoms. The zero-order valence-corrected chi connectivity index (χ0v) is 31.2. The molecule has 2 aromatic rings. The fourth-order valence-corrected chi connectivity index (χ4v) is 8.64. The number of nitrogens with one attached hydrogen (secondary N) is 1. The summed E-state index contributed by atoms with van der Waals surface area (Å²) in [4.78, 5) is 66.1. The van der Waals surface area contributed by atoms with Crippen LogP contribution in [0.2, 0.25) is 0 Å². The summed E-state index contributed by atoms with van der Waals surface area (Å²) in [5.74, 6) is -2.25. The van der Waals surface area contributed by atoms with Gasteiger partial charge in [-0.05, 0) is 56.3 Å². The van der Waals surface area contributed by atoms with Crippen molar-refractivity contribution in [2.24, 2.45) is 22.7 Å². The molecule has 13 nitrogen and oxygen atoms in total. The van der Waals surface area contributed by atoms with Crippen molar-refractivity contribution >= 4 is 33.9 Å². The molecule has 3 saturated carbocycles. The van der Waals surface area contributed by atoms with Crippen molar-refractivity contribution < 1.29 is 41.3 Å². The van der Waals surface area contributed by atoms with E-state index in [9.17, 15) is 27.6 Å². The van der Waals surface area contributed by atoms with E-state index in [-0.39, 0.29) is 55.4 Å². The van der Waals surface area contributed by atoms with Crippen molar-refractivity contribution in [1.82, 2.24) is 19.6 Å². The predicted molar refractivity (Wildman–Crippen MR) is 190 cm³/mol. The second-order valence-electron chi connectivity index (χ2n) is 15.9. The summed E-state index contributed by atoms with van der Waals surface area (Å²) in [7, 11) is -4.34. The zero-order chi connectivity index (χ0) is 37.3. The van der Waals surface area contributed by atoms with Gasteiger partial charge >= 0.3 is 16.3 Å². The smallest absolute Gasteiger partial charge is 0.362 e. The van der Waals surface area contributed by atoms with Crippen LogP contribution < -0.4 is 9.46 Å². The fourth-order valence-electron chi connectivity index (χ4n) is 7.61. The minimum Gasteiger partial charge on any atom is -0.472 e. The number of nitrogens with zero attached hydrogens (tertiary/aromatic N) is 3. The third kappa shape index (κ3) is 8.99. The lowest BCUT2D eigenvalue weighted by Gasteiger charge is -2.35. The van der Waals surface area contributed by atoms with Crippen molar-refractivity contribution in [2.45, 2.75) is 123 Å². The van der Waals surface area contributed by atoms with Crippen LogP contribution in [0.25, 0.3) is 11.4 Å². The number of Topliss-reactive ketones (excluding diaryl/α,β-unsaturated/α-hetero) is 1. The molecule has 4 fully saturated rings. The highest BCUT2D eigenvalue weighted by Crippen LogP contribution is 2.58. The normalized spacial score (nSPS) is 25.4. The van der Waals surface area contributed by atoms with Gasteiger partial charge in [0.25, 0.3) is 0 Å². The summed E-state index contributed by atoms with van der Waals surface area (Å²) < 4.78 is 44.3. The topological polar surface area (TPSA) is 171 Å². The Morgan fingerprint density at radius 3 is 2.35 bits per heavy atom. The van der Waals surface area contributed by atoms with Crippen LogP contribution in [0.1, 0.15) is 98.3 Å². The molecule has 1 saturated heterocycles. The maximum atomic E-state index is 14.6. The van der Waals surface area contributed by atoms with Gasteiger partial charge in [0.15, 0.2) is 11.6 Å². The van der Waals surface area contributed by atoms with Crippen molar-refractivity contribution in [3.63, 3.8) is 0 Å². The summed E-state index contributed by atoms with van der Waals surface area (Å²) in [5.41, 5.74) is -1.11.